The van der Waals surface area contributed by atoms with Crippen molar-refractivity contribution in [1.82, 2.24) is 9.78 Å². The van der Waals surface area contributed by atoms with Gasteiger partial charge in [-0.05, 0) is 39.7 Å². The molecule has 0 spiro atoms. The van der Waals surface area contributed by atoms with Gasteiger partial charge in [-0.15, -0.1) is 0 Å². The van der Waals surface area contributed by atoms with E-state index in [2.05, 4.69) is 12.0 Å². The molecular weight excluding hydrogens is 202 g/mol. The van der Waals surface area contributed by atoms with Crippen LogP contribution in [0.2, 0.25) is 0 Å². The highest BCUT2D eigenvalue weighted by Gasteiger charge is 2.12. The van der Waals surface area contributed by atoms with E-state index in [1.54, 1.807) is 0 Å². The molecule has 1 atom stereocenters. The number of nitrogens with zero attached hydrogens (tertiary/aromatic N) is 2. The van der Waals surface area contributed by atoms with E-state index in [0.717, 1.165) is 31.9 Å². The Hall–Kier alpha value is -0.870. The highest BCUT2D eigenvalue weighted by atomic mass is 16.5. The Labute approximate surface area is 97.8 Å². The quantitative estimate of drug-likeness (QED) is 0.745. The summed E-state index contributed by atoms with van der Waals surface area (Å²) in [4.78, 5) is 0. The van der Waals surface area contributed by atoms with Gasteiger partial charge in [-0.1, -0.05) is 0 Å². The third-order valence-electron chi connectivity index (χ3n) is 2.71. The first-order chi connectivity index (χ1) is 7.56. The second-order valence-corrected chi connectivity index (χ2v) is 4.25. The van der Waals surface area contributed by atoms with Gasteiger partial charge in [0, 0.05) is 18.3 Å². The van der Waals surface area contributed by atoms with Crippen molar-refractivity contribution in [2.24, 2.45) is 5.73 Å². The lowest BCUT2D eigenvalue weighted by Crippen LogP contribution is -2.18. The van der Waals surface area contributed by atoms with E-state index in [-0.39, 0.29) is 6.04 Å². The Bertz CT molecular complexity index is 331. The van der Waals surface area contributed by atoms with Crippen molar-refractivity contribution in [3.05, 3.63) is 17.0 Å². The van der Waals surface area contributed by atoms with E-state index in [4.69, 9.17) is 10.5 Å². The zero-order chi connectivity index (χ0) is 12.1. The normalized spacial score (nSPS) is 13.1. The highest BCUT2D eigenvalue weighted by molar-refractivity contribution is 5.25. The monoisotopic (exact) mass is 225 g/mol. The molecule has 1 aromatic rings. The zero-order valence-corrected chi connectivity index (χ0v) is 10.8. The Morgan fingerprint density at radius 3 is 2.69 bits per heavy atom. The topological polar surface area (TPSA) is 53.1 Å². The average molecular weight is 225 g/mol. The molecule has 0 aliphatic heterocycles. The van der Waals surface area contributed by atoms with Crippen LogP contribution in [0.15, 0.2) is 0 Å². The van der Waals surface area contributed by atoms with Crippen LogP contribution < -0.4 is 5.73 Å². The van der Waals surface area contributed by atoms with Crippen LogP contribution in [0.5, 0.6) is 0 Å². The highest BCUT2D eigenvalue weighted by Crippen LogP contribution is 2.14. The van der Waals surface area contributed by atoms with Crippen molar-refractivity contribution in [2.75, 3.05) is 13.2 Å². The molecule has 92 valence electrons. The van der Waals surface area contributed by atoms with Crippen molar-refractivity contribution in [3.8, 4) is 0 Å². The second kappa shape index (κ2) is 6.01. The SMILES string of the molecule is CCOCCn1nc(C)c(CC(C)N)c1C. The van der Waals surface area contributed by atoms with Crippen LogP contribution in [0.3, 0.4) is 0 Å². The fourth-order valence-corrected chi connectivity index (χ4v) is 1.86. The van der Waals surface area contributed by atoms with Gasteiger partial charge in [0.25, 0.3) is 0 Å². The summed E-state index contributed by atoms with van der Waals surface area (Å²) in [6.45, 7) is 10.5. The Kier molecular flexibility index (Phi) is 4.96. The molecule has 0 fully saturated rings. The molecule has 0 aliphatic rings. The summed E-state index contributed by atoms with van der Waals surface area (Å²) in [5.41, 5.74) is 9.42. The van der Waals surface area contributed by atoms with Crippen molar-refractivity contribution < 1.29 is 4.74 Å². The van der Waals surface area contributed by atoms with Gasteiger partial charge >= 0.3 is 0 Å². The molecule has 0 aliphatic carbocycles. The maximum absolute atomic E-state index is 5.83. The Balaban J connectivity index is 2.72. The Morgan fingerprint density at radius 2 is 2.12 bits per heavy atom. The molecule has 0 bridgehead atoms. The largest absolute Gasteiger partial charge is 0.380 e. The predicted octanol–water partition coefficient (Wildman–Crippen LogP) is 1.43. The van der Waals surface area contributed by atoms with E-state index in [1.807, 2.05) is 25.5 Å². The van der Waals surface area contributed by atoms with E-state index in [0.29, 0.717) is 0 Å². The molecule has 0 saturated carbocycles. The first-order valence-corrected chi connectivity index (χ1v) is 5.92. The third-order valence-corrected chi connectivity index (χ3v) is 2.71. The van der Waals surface area contributed by atoms with Crippen LogP contribution in [0.4, 0.5) is 0 Å². The number of nitrogens with two attached hydrogens (primary N) is 1. The van der Waals surface area contributed by atoms with Crippen LogP contribution in [-0.4, -0.2) is 29.0 Å². The van der Waals surface area contributed by atoms with E-state index < -0.39 is 0 Å². The van der Waals surface area contributed by atoms with Crippen LogP contribution in [-0.2, 0) is 17.7 Å². The standard InChI is InChI=1S/C12H23N3O/c1-5-16-7-6-15-11(4)12(8-9(2)13)10(3)14-15/h9H,5-8,13H2,1-4H3. The second-order valence-electron chi connectivity index (χ2n) is 4.25. The molecule has 4 heteroatoms. The molecule has 1 unspecified atom stereocenters. The molecule has 1 heterocycles. The number of aryl methyl sites for hydroxylation is 1. The summed E-state index contributed by atoms with van der Waals surface area (Å²) < 4.78 is 7.35. The number of ether oxygens (including phenoxy) is 1. The van der Waals surface area contributed by atoms with Gasteiger partial charge in [0.2, 0.25) is 0 Å². The van der Waals surface area contributed by atoms with Gasteiger partial charge < -0.3 is 10.5 Å². The Morgan fingerprint density at radius 1 is 1.44 bits per heavy atom. The minimum atomic E-state index is 0.182. The van der Waals surface area contributed by atoms with Crippen LogP contribution in [0, 0.1) is 13.8 Å². The van der Waals surface area contributed by atoms with E-state index in [9.17, 15) is 0 Å². The number of hydrogen-bond donors (Lipinski definition) is 1. The molecule has 0 radical (unpaired) electrons. The van der Waals surface area contributed by atoms with E-state index >= 15 is 0 Å². The molecule has 1 rings (SSSR count). The van der Waals surface area contributed by atoms with Crippen molar-refractivity contribution in [2.45, 2.75) is 46.7 Å². The smallest absolute Gasteiger partial charge is 0.0662 e. The van der Waals surface area contributed by atoms with Gasteiger partial charge in [-0.3, -0.25) is 4.68 Å². The first kappa shape index (κ1) is 13.2. The molecule has 0 saturated heterocycles. The van der Waals surface area contributed by atoms with Gasteiger partial charge in [0.05, 0.1) is 18.8 Å². The number of rotatable bonds is 6. The van der Waals surface area contributed by atoms with Gasteiger partial charge in [-0.25, -0.2) is 0 Å². The maximum atomic E-state index is 5.83. The molecule has 4 nitrogen and oxygen atoms in total. The first-order valence-electron chi connectivity index (χ1n) is 5.92. The summed E-state index contributed by atoms with van der Waals surface area (Å²) in [6.07, 6.45) is 0.895. The molecule has 16 heavy (non-hydrogen) atoms. The lowest BCUT2D eigenvalue weighted by Gasteiger charge is -2.07. The zero-order valence-electron chi connectivity index (χ0n) is 10.8. The lowest BCUT2D eigenvalue weighted by atomic mass is 10.1. The van der Waals surface area contributed by atoms with Crippen LogP contribution >= 0.6 is 0 Å². The van der Waals surface area contributed by atoms with Gasteiger partial charge in [0.15, 0.2) is 0 Å². The number of aromatic nitrogens is 2. The maximum Gasteiger partial charge on any atom is 0.0662 e. The summed E-state index contributed by atoms with van der Waals surface area (Å²) in [5.74, 6) is 0. The fourth-order valence-electron chi connectivity index (χ4n) is 1.86. The molecule has 1 aromatic heterocycles. The fraction of sp³-hybridized carbons (Fsp3) is 0.750. The molecule has 2 N–H and O–H groups in total. The molecule has 0 amide bonds. The summed E-state index contributed by atoms with van der Waals surface area (Å²) in [5, 5.41) is 4.52. The van der Waals surface area contributed by atoms with Gasteiger partial charge in [-0.2, -0.15) is 5.10 Å². The van der Waals surface area contributed by atoms with Crippen molar-refractivity contribution >= 4 is 0 Å². The van der Waals surface area contributed by atoms with Crippen molar-refractivity contribution in [3.63, 3.8) is 0 Å². The third kappa shape index (κ3) is 3.32. The predicted molar refractivity (Wildman–Crippen MR) is 65.5 cm³/mol. The lowest BCUT2D eigenvalue weighted by molar-refractivity contribution is 0.135. The van der Waals surface area contributed by atoms with Crippen LogP contribution in [0.1, 0.15) is 30.8 Å². The van der Waals surface area contributed by atoms with Crippen molar-refractivity contribution in [1.29, 1.82) is 0 Å². The summed E-state index contributed by atoms with van der Waals surface area (Å²) in [6, 6.07) is 0.182. The minimum Gasteiger partial charge on any atom is -0.380 e. The minimum absolute atomic E-state index is 0.182. The summed E-state index contributed by atoms with van der Waals surface area (Å²) >= 11 is 0. The van der Waals surface area contributed by atoms with E-state index in [1.165, 1.54) is 11.3 Å². The average Bonchev–Trinajstić information content (AvgIpc) is 2.46. The van der Waals surface area contributed by atoms with Crippen LogP contribution in [0.25, 0.3) is 0 Å². The molecule has 0 aromatic carbocycles. The van der Waals surface area contributed by atoms with Gasteiger partial charge in [0.1, 0.15) is 0 Å². The summed E-state index contributed by atoms with van der Waals surface area (Å²) in [7, 11) is 0. The number of hydrogen-bond acceptors (Lipinski definition) is 3. The molecular formula is C12H23N3O.